The summed E-state index contributed by atoms with van der Waals surface area (Å²) in [7, 11) is 3.31. The number of carbonyl (C=O) groups is 1. The van der Waals surface area contributed by atoms with Crippen LogP contribution in [-0.2, 0) is 12.8 Å². The van der Waals surface area contributed by atoms with E-state index in [4.69, 9.17) is 9.47 Å². The van der Waals surface area contributed by atoms with Gasteiger partial charge in [0.2, 0.25) is 0 Å². The minimum atomic E-state index is 0.0571. The molecule has 0 saturated heterocycles. The predicted octanol–water partition coefficient (Wildman–Crippen LogP) is 3.40. The maximum Gasteiger partial charge on any atom is 0.167 e. The number of ether oxygens (including phenoxy) is 2. The van der Waals surface area contributed by atoms with Gasteiger partial charge in [0.1, 0.15) is 11.5 Å². The first-order valence-corrected chi connectivity index (χ1v) is 7.59. The third-order valence-electron chi connectivity index (χ3n) is 5.04. The van der Waals surface area contributed by atoms with Crippen LogP contribution in [0.3, 0.4) is 0 Å². The van der Waals surface area contributed by atoms with E-state index >= 15 is 0 Å². The van der Waals surface area contributed by atoms with Gasteiger partial charge in [0.05, 0.1) is 14.2 Å². The van der Waals surface area contributed by atoms with Crippen molar-refractivity contribution in [3.05, 3.63) is 58.7 Å². The van der Waals surface area contributed by atoms with Crippen molar-refractivity contribution in [3.8, 4) is 11.5 Å². The number of methoxy groups -OCH3 is 2. The SMILES string of the molecule is COc1ccc2c(c1)CC1C(=O)c3cc(OC)ccc3C1C2. The van der Waals surface area contributed by atoms with E-state index in [0.717, 1.165) is 29.9 Å². The fraction of sp³-hybridized carbons (Fsp3) is 0.316. The Kier molecular flexibility index (Phi) is 2.96. The molecule has 22 heavy (non-hydrogen) atoms. The smallest absolute Gasteiger partial charge is 0.167 e. The zero-order chi connectivity index (χ0) is 15.3. The van der Waals surface area contributed by atoms with Crippen molar-refractivity contribution in [1.29, 1.82) is 0 Å². The van der Waals surface area contributed by atoms with Crippen molar-refractivity contribution in [2.75, 3.05) is 14.2 Å². The molecule has 0 N–H and O–H groups in total. The lowest BCUT2D eigenvalue weighted by molar-refractivity contribution is 0.0917. The normalized spacial score (nSPS) is 21.8. The number of benzene rings is 2. The first-order chi connectivity index (χ1) is 10.7. The van der Waals surface area contributed by atoms with Crippen molar-refractivity contribution >= 4 is 5.78 Å². The highest BCUT2D eigenvalue weighted by Crippen LogP contribution is 2.46. The van der Waals surface area contributed by atoms with Crippen LogP contribution in [0.25, 0.3) is 0 Å². The van der Waals surface area contributed by atoms with Crippen LogP contribution in [0.4, 0.5) is 0 Å². The average Bonchev–Trinajstić information content (AvgIpc) is 2.84. The molecule has 3 heteroatoms. The molecule has 2 aliphatic rings. The molecule has 3 nitrogen and oxygen atoms in total. The highest BCUT2D eigenvalue weighted by atomic mass is 16.5. The summed E-state index contributed by atoms with van der Waals surface area (Å²) in [4.78, 5) is 12.8. The molecule has 0 bridgehead atoms. The molecule has 2 atom stereocenters. The Morgan fingerprint density at radius 3 is 2.32 bits per heavy atom. The second kappa shape index (κ2) is 4.87. The van der Waals surface area contributed by atoms with Crippen LogP contribution in [0.15, 0.2) is 36.4 Å². The van der Waals surface area contributed by atoms with Crippen molar-refractivity contribution < 1.29 is 14.3 Å². The molecular formula is C19H18O3. The van der Waals surface area contributed by atoms with E-state index < -0.39 is 0 Å². The Bertz CT molecular complexity index is 763. The molecule has 0 saturated carbocycles. The number of ketones is 1. The van der Waals surface area contributed by atoms with Crippen LogP contribution in [0.1, 0.15) is 33.0 Å². The number of carbonyl (C=O) groups excluding carboxylic acids is 1. The third kappa shape index (κ3) is 1.85. The van der Waals surface area contributed by atoms with Crippen LogP contribution in [0, 0.1) is 5.92 Å². The minimum Gasteiger partial charge on any atom is -0.497 e. The molecular weight excluding hydrogens is 276 g/mol. The second-order valence-corrected chi connectivity index (χ2v) is 6.07. The first-order valence-electron chi connectivity index (χ1n) is 7.59. The Balaban J connectivity index is 1.76. The van der Waals surface area contributed by atoms with Gasteiger partial charge in [-0.3, -0.25) is 4.79 Å². The number of hydrogen-bond acceptors (Lipinski definition) is 3. The molecule has 0 heterocycles. The number of fused-ring (bicyclic) bond motifs is 4. The molecule has 2 aliphatic carbocycles. The largest absolute Gasteiger partial charge is 0.497 e. The summed E-state index contributed by atoms with van der Waals surface area (Å²) in [5.74, 6) is 2.23. The fourth-order valence-corrected chi connectivity index (χ4v) is 3.88. The molecule has 0 spiro atoms. The van der Waals surface area contributed by atoms with Gasteiger partial charge in [-0.25, -0.2) is 0 Å². The Labute approximate surface area is 129 Å². The standard InChI is InChI=1S/C19H18O3/c1-21-13-4-3-11-8-16-15-6-5-14(22-2)10-18(15)19(20)17(16)9-12(11)7-13/h3-7,10,16-17H,8-9H2,1-2H3. The molecule has 0 radical (unpaired) electrons. The Morgan fingerprint density at radius 1 is 0.864 bits per heavy atom. The van der Waals surface area contributed by atoms with E-state index in [1.54, 1.807) is 14.2 Å². The molecule has 0 amide bonds. The van der Waals surface area contributed by atoms with E-state index in [2.05, 4.69) is 18.2 Å². The molecule has 2 aromatic carbocycles. The van der Waals surface area contributed by atoms with Crippen LogP contribution in [0.2, 0.25) is 0 Å². The zero-order valence-corrected chi connectivity index (χ0v) is 12.8. The van der Waals surface area contributed by atoms with Gasteiger partial charge >= 0.3 is 0 Å². The van der Waals surface area contributed by atoms with Crippen molar-refractivity contribution in [2.24, 2.45) is 5.92 Å². The first kappa shape index (κ1) is 13.4. The van der Waals surface area contributed by atoms with E-state index in [1.165, 1.54) is 16.7 Å². The predicted molar refractivity (Wildman–Crippen MR) is 84.0 cm³/mol. The van der Waals surface area contributed by atoms with Gasteiger partial charge in [0, 0.05) is 11.5 Å². The average molecular weight is 294 g/mol. The van der Waals surface area contributed by atoms with Crippen molar-refractivity contribution in [3.63, 3.8) is 0 Å². The molecule has 2 aromatic rings. The second-order valence-electron chi connectivity index (χ2n) is 6.07. The summed E-state index contributed by atoms with van der Waals surface area (Å²) in [5.41, 5.74) is 4.60. The summed E-state index contributed by atoms with van der Waals surface area (Å²) in [6.45, 7) is 0. The molecule has 0 aliphatic heterocycles. The van der Waals surface area contributed by atoms with Crippen molar-refractivity contribution in [1.82, 2.24) is 0 Å². The number of rotatable bonds is 2. The van der Waals surface area contributed by atoms with Gasteiger partial charge in [0.15, 0.2) is 5.78 Å². The van der Waals surface area contributed by atoms with Gasteiger partial charge in [-0.2, -0.15) is 0 Å². The van der Waals surface area contributed by atoms with Crippen LogP contribution >= 0.6 is 0 Å². The summed E-state index contributed by atoms with van der Waals surface area (Å²) in [6.07, 6.45) is 1.72. The lowest BCUT2D eigenvalue weighted by atomic mass is 9.76. The minimum absolute atomic E-state index is 0.0571. The maximum absolute atomic E-state index is 12.8. The molecule has 0 fully saturated rings. The number of hydrogen-bond donors (Lipinski definition) is 0. The Hall–Kier alpha value is -2.29. The summed E-state index contributed by atoms with van der Waals surface area (Å²) >= 11 is 0. The van der Waals surface area contributed by atoms with Gasteiger partial charge in [-0.15, -0.1) is 0 Å². The van der Waals surface area contributed by atoms with Crippen LogP contribution < -0.4 is 9.47 Å². The summed E-state index contributed by atoms with van der Waals surface area (Å²) in [5, 5.41) is 0. The van der Waals surface area contributed by atoms with Crippen LogP contribution in [-0.4, -0.2) is 20.0 Å². The summed E-state index contributed by atoms with van der Waals surface area (Å²) in [6, 6.07) is 12.1. The highest BCUT2D eigenvalue weighted by molar-refractivity contribution is 6.04. The zero-order valence-electron chi connectivity index (χ0n) is 12.8. The van der Waals surface area contributed by atoms with Gasteiger partial charge < -0.3 is 9.47 Å². The topological polar surface area (TPSA) is 35.5 Å². The van der Waals surface area contributed by atoms with E-state index in [1.807, 2.05) is 18.2 Å². The van der Waals surface area contributed by atoms with E-state index in [0.29, 0.717) is 5.92 Å². The van der Waals surface area contributed by atoms with Gasteiger partial charge in [0.25, 0.3) is 0 Å². The van der Waals surface area contributed by atoms with Crippen molar-refractivity contribution in [2.45, 2.75) is 18.8 Å². The molecule has 112 valence electrons. The number of Topliss-reactive ketones (excluding diaryl/α,β-unsaturated/α-hetero) is 1. The lowest BCUT2D eigenvalue weighted by Gasteiger charge is -2.27. The Morgan fingerprint density at radius 2 is 1.55 bits per heavy atom. The monoisotopic (exact) mass is 294 g/mol. The quantitative estimate of drug-likeness (QED) is 0.851. The van der Waals surface area contributed by atoms with E-state index in [-0.39, 0.29) is 11.7 Å². The molecule has 0 aromatic heterocycles. The highest BCUT2D eigenvalue weighted by Gasteiger charge is 2.42. The van der Waals surface area contributed by atoms with Gasteiger partial charge in [-0.1, -0.05) is 12.1 Å². The van der Waals surface area contributed by atoms with Gasteiger partial charge in [-0.05, 0) is 59.7 Å². The third-order valence-corrected chi connectivity index (χ3v) is 5.04. The lowest BCUT2D eigenvalue weighted by Crippen LogP contribution is -2.24. The molecule has 2 unspecified atom stereocenters. The maximum atomic E-state index is 12.8. The van der Waals surface area contributed by atoms with Crippen LogP contribution in [0.5, 0.6) is 11.5 Å². The van der Waals surface area contributed by atoms with E-state index in [9.17, 15) is 4.79 Å². The molecule has 4 rings (SSSR count). The fourth-order valence-electron chi connectivity index (χ4n) is 3.88. The summed E-state index contributed by atoms with van der Waals surface area (Å²) < 4.78 is 10.6.